The van der Waals surface area contributed by atoms with Crippen molar-refractivity contribution >= 4 is 17.9 Å². The summed E-state index contributed by atoms with van der Waals surface area (Å²) in [5, 5.41) is 0. The van der Waals surface area contributed by atoms with Gasteiger partial charge in [0.05, 0.1) is 0 Å². The highest BCUT2D eigenvalue weighted by Gasteiger charge is 2.19. The zero-order valence-corrected chi connectivity index (χ0v) is 43.4. The lowest BCUT2D eigenvalue weighted by molar-refractivity contribution is -0.167. The molecule has 1 atom stereocenters. The summed E-state index contributed by atoms with van der Waals surface area (Å²) in [4.78, 5) is 38.1. The van der Waals surface area contributed by atoms with Crippen molar-refractivity contribution in [2.75, 3.05) is 13.2 Å². The van der Waals surface area contributed by atoms with Gasteiger partial charge in [-0.2, -0.15) is 0 Å². The van der Waals surface area contributed by atoms with Crippen LogP contribution >= 0.6 is 0 Å². The molecule has 0 aromatic heterocycles. The van der Waals surface area contributed by atoms with Crippen LogP contribution in [-0.4, -0.2) is 37.2 Å². The van der Waals surface area contributed by atoms with Crippen LogP contribution < -0.4 is 0 Å². The smallest absolute Gasteiger partial charge is 0.306 e. The summed E-state index contributed by atoms with van der Waals surface area (Å²) in [6.07, 6.45) is 68.9. The number of carbonyl (C=O) groups excluding carboxylic acids is 3. The number of rotatable bonds is 50. The van der Waals surface area contributed by atoms with Gasteiger partial charge >= 0.3 is 17.9 Å². The van der Waals surface area contributed by atoms with Crippen LogP contribution in [0.3, 0.4) is 0 Å². The molecule has 6 nitrogen and oxygen atoms in total. The Balaban J connectivity index is 4.45. The number of carbonyl (C=O) groups is 3. The summed E-state index contributed by atoms with van der Waals surface area (Å²) in [7, 11) is 0. The summed E-state index contributed by atoms with van der Waals surface area (Å²) in [5.74, 6) is -0.936. The standard InChI is InChI=1S/C60H104O6/c1-4-7-10-13-16-19-22-25-28-31-34-37-40-43-46-49-52-58(61)64-55-57(66-60(63)54-51-48-45-42-39-36-33-30-27-24-21-18-15-12-9-6-3)56-65-59(62)53-50-47-44-41-38-35-32-29-26-23-20-17-14-11-8-5-2/h7,10,16,19,25,28-30,32-33,36,39,57H,4-6,8-9,11-15,17-18,20-24,26-27,31,34-35,37-38,40-56H2,1-3H3/b10-7-,19-16-,28-25-,32-29-,33-30-,39-36-. The van der Waals surface area contributed by atoms with Crippen molar-refractivity contribution < 1.29 is 28.6 Å². The molecule has 0 radical (unpaired) electrons. The normalized spacial score (nSPS) is 12.6. The summed E-state index contributed by atoms with van der Waals surface area (Å²) in [5.41, 5.74) is 0. The predicted octanol–water partition coefficient (Wildman–Crippen LogP) is 18.6. The van der Waals surface area contributed by atoms with Crippen LogP contribution in [0.1, 0.15) is 271 Å². The summed E-state index contributed by atoms with van der Waals surface area (Å²) >= 11 is 0. The van der Waals surface area contributed by atoms with Crippen LogP contribution in [0.4, 0.5) is 0 Å². The van der Waals surface area contributed by atoms with E-state index in [9.17, 15) is 14.4 Å². The van der Waals surface area contributed by atoms with Gasteiger partial charge in [0.25, 0.3) is 0 Å². The quantitative estimate of drug-likeness (QED) is 0.0199. The van der Waals surface area contributed by atoms with E-state index in [0.717, 1.165) is 103 Å². The molecule has 0 saturated heterocycles. The molecule has 0 aliphatic carbocycles. The first-order chi connectivity index (χ1) is 32.5. The van der Waals surface area contributed by atoms with Gasteiger partial charge in [0.15, 0.2) is 6.10 Å². The van der Waals surface area contributed by atoms with E-state index in [0.29, 0.717) is 19.3 Å². The zero-order chi connectivity index (χ0) is 47.9. The Kier molecular flexibility index (Phi) is 51.9. The topological polar surface area (TPSA) is 78.9 Å². The van der Waals surface area contributed by atoms with Gasteiger partial charge in [-0.25, -0.2) is 0 Å². The molecule has 0 aromatic carbocycles. The number of hydrogen-bond donors (Lipinski definition) is 0. The van der Waals surface area contributed by atoms with Crippen molar-refractivity contribution in [3.63, 3.8) is 0 Å². The van der Waals surface area contributed by atoms with Crippen molar-refractivity contribution in [2.24, 2.45) is 0 Å². The Morgan fingerprint density at radius 1 is 0.333 bits per heavy atom. The first-order valence-electron chi connectivity index (χ1n) is 28.0. The lowest BCUT2D eigenvalue weighted by atomic mass is 10.1. The van der Waals surface area contributed by atoms with E-state index in [2.05, 4.69) is 93.7 Å². The highest BCUT2D eigenvalue weighted by atomic mass is 16.6. The van der Waals surface area contributed by atoms with Gasteiger partial charge in [0.2, 0.25) is 0 Å². The van der Waals surface area contributed by atoms with E-state index in [4.69, 9.17) is 14.2 Å². The van der Waals surface area contributed by atoms with Crippen molar-refractivity contribution in [1.82, 2.24) is 0 Å². The average molecular weight is 921 g/mol. The van der Waals surface area contributed by atoms with Gasteiger partial charge in [-0.15, -0.1) is 0 Å². The second-order valence-corrected chi connectivity index (χ2v) is 18.5. The fourth-order valence-corrected chi connectivity index (χ4v) is 7.74. The van der Waals surface area contributed by atoms with Crippen LogP contribution in [0, 0.1) is 0 Å². The maximum absolute atomic E-state index is 12.8. The van der Waals surface area contributed by atoms with E-state index in [1.54, 1.807) is 0 Å². The zero-order valence-electron chi connectivity index (χ0n) is 43.4. The molecule has 0 fully saturated rings. The fraction of sp³-hybridized carbons (Fsp3) is 0.750. The summed E-state index contributed by atoms with van der Waals surface area (Å²) in [6.45, 7) is 6.49. The molecule has 0 N–H and O–H groups in total. The number of allylic oxidation sites excluding steroid dienone is 12. The largest absolute Gasteiger partial charge is 0.462 e. The molecule has 0 heterocycles. The van der Waals surface area contributed by atoms with E-state index >= 15 is 0 Å². The third kappa shape index (κ3) is 51.8. The van der Waals surface area contributed by atoms with Crippen LogP contribution in [0.25, 0.3) is 0 Å². The molecule has 380 valence electrons. The molecular weight excluding hydrogens is 817 g/mol. The van der Waals surface area contributed by atoms with E-state index in [-0.39, 0.29) is 31.1 Å². The van der Waals surface area contributed by atoms with Gasteiger partial charge in [-0.3, -0.25) is 14.4 Å². The molecule has 0 amide bonds. The van der Waals surface area contributed by atoms with Crippen LogP contribution in [-0.2, 0) is 28.6 Å². The van der Waals surface area contributed by atoms with Crippen LogP contribution in [0.2, 0.25) is 0 Å². The molecule has 0 bridgehead atoms. The van der Waals surface area contributed by atoms with Gasteiger partial charge < -0.3 is 14.2 Å². The van der Waals surface area contributed by atoms with Gasteiger partial charge in [0.1, 0.15) is 13.2 Å². The maximum Gasteiger partial charge on any atom is 0.306 e. The van der Waals surface area contributed by atoms with Crippen molar-refractivity contribution in [1.29, 1.82) is 0 Å². The minimum absolute atomic E-state index is 0.0944. The molecule has 0 saturated carbocycles. The minimum Gasteiger partial charge on any atom is -0.462 e. The summed E-state index contributed by atoms with van der Waals surface area (Å²) < 4.78 is 16.8. The molecule has 1 unspecified atom stereocenters. The molecular formula is C60H104O6. The molecule has 0 aliphatic heterocycles. The van der Waals surface area contributed by atoms with Gasteiger partial charge in [-0.05, 0) is 103 Å². The number of ether oxygens (including phenoxy) is 3. The van der Waals surface area contributed by atoms with E-state index < -0.39 is 6.10 Å². The van der Waals surface area contributed by atoms with Crippen LogP contribution in [0.5, 0.6) is 0 Å². The molecule has 0 rings (SSSR count). The minimum atomic E-state index is -0.798. The van der Waals surface area contributed by atoms with Crippen molar-refractivity contribution in [2.45, 2.75) is 277 Å². The molecule has 0 spiro atoms. The molecule has 66 heavy (non-hydrogen) atoms. The summed E-state index contributed by atoms with van der Waals surface area (Å²) in [6, 6.07) is 0. The number of hydrogen-bond acceptors (Lipinski definition) is 6. The number of esters is 3. The SMILES string of the molecule is CC/C=C\C/C=C\C/C=C\CCCCCCCCC(=O)OCC(COC(=O)CCCCCCC/C=C\CCCCCCCCC)OC(=O)CCCCC/C=C\C=C/CCCCCCCCC. The Morgan fingerprint density at radius 3 is 1.05 bits per heavy atom. The molecule has 0 aromatic rings. The van der Waals surface area contributed by atoms with E-state index in [1.807, 2.05) is 0 Å². The maximum atomic E-state index is 12.8. The first kappa shape index (κ1) is 62.8. The lowest BCUT2D eigenvalue weighted by Crippen LogP contribution is -2.30. The third-order valence-electron chi connectivity index (χ3n) is 11.9. The third-order valence-corrected chi connectivity index (χ3v) is 11.9. The lowest BCUT2D eigenvalue weighted by Gasteiger charge is -2.18. The Morgan fingerprint density at radius 2 is 0.636 bits per heavy atom. The highest BCUT2D eigenvalue weighted by molar-refractivity contribution is 5.71. The Bertz CT molecular complexity index is 1240. The Labute approximate surface area is 408 Å². The second-order valence-electron chi connectivity index (χ2n) is 18.5. The van der Waals surface area contributed by atoms with Crippen LogP contribution in [0.15, 0.2) is 72.9 Å². The second kappa shape index (κ2) is 54.5. The fourth-order valence-electron chi connectivity index (χ4n) is 7.74. The van der Waals surface area contributed by atoms with Gasteiger partial charge in [-0.1, -0.05) is 222 Å². The van der Waals surface area contributed by atoms with E-state index in [1.165, 1.54) is 128 Å². The van der Waals surface area contributed by atoms with Gasteiger partial charge in [0, 0.05) is 19.3 Å². The monoisotopic (exact) mass is 921 g/mol. The average Bonchev–Trinajstić information content (AvgIpc) is 3.31. The highest BCUT2D eigenvalue weighted by Crippen LogP contribution is 2.14. The Hall–Kier alpha value is -3.15. The first-order valence-corrected chi connectivity index (χ1v) is 28.0. The van der Waals surface area contributed by atoms with Crippen molar-refractivity contribution in [3.05, 3.63) is 72.9 Å². The number of unbranched alkanes of at least 4 members (excludes halogenated alkanes) is 28. The molecule has 0 aliphatic rings. The molecule has 6 heteroatoms. The van der Waals surface area contributed by atoms with Crippen molar-refractivity contribution in [3.8, 4) is 0 Å². The predicted molar refractivity (Wildman–Crippen MR) is 284 cm³/mol.